The van der Waals surface area contributed by atoms with Crippen LogP contribution >= 0.6 is 0 Å². The Balaban J connectivity index is 0.000000861. The SMILES string of the molecule is CC.CC(C)N1CCC2(CC1)CCN(C(C)C)CC2. The summed E-state index contributed by atoms with van der Waals surface area (Å²) in [6, 6.07) is 1.48. The minimum Gasteiger partial charge on any atom is -0.301 e. The fourth-order valence-corrected chi connectivity index (χ4v) is 3.53. The predicted molar refractivity (Wildman–Crippen MR) is 85.7 cm³/mol. The number of piperidine rings is 2. The molecule has 19 heavy (non-hydrogen) atoms. The second-order valence-electron chi connectivity index (χ2n) is 6.76. The molecule has 2 fully saturated rings. The molecule has 0 amide bonds. The molecule has 0 unspecified atom stereocenters. The van der Waals surface area contributed by atoms with Gasteiger partial charge >= 0.3 is 0 Å². The second-order valence-corrected chi connectivity index (χ2v) is 6.76. The van der Waals surface area contributed by atoms with Crippen molar-refractivity contribution in [2.75, 3.05) is 26.2 Å². The maximum atomic E-state index is 2.65. The summed E-state index contributed by atoms with van der Waals surface area (Å²) in [5.41, 5.74) is 0.705. The van der Waals surface area contributed by atoms with Crippen LogP contribution in [0.5, 0.6) is 0 Å². The van der Waals surface area contributed by atoms with Gasteiger partial charge in [-0.3, -0.25) is 0 Å². The fraction of sp³-hybridized carbons (Fsp3) is 1.00. The van der Waals surface area contributed by atoms with Crippen molar-refractivity contribution in [3.8, 4) is 0 Å². The average Bonchev–Trinajstić information content (AvgIpc) is 2.42. The van der Waals surface area contributed by atoms with Crippen LogP contribution in [0.2, 0.25) is 0 Å². The van der Waals surface area contributed by atoms with Gasteiger partial charge in [-0.15, -0.1) is 0 Å². The number of hydrogen-bond donors (Lipinski definition) is 0. The molecule has 114 valence electrons. The molecule has 2 heterocycles. The zero-order valence-electron chi connectivity index (χ0n) is 14.2. The normalized spacial score (nSPS) is 24.6. The van der Waals surface area contributed by atoms with E-state index in [0.717, 1.165) is 12.1 Å². The van der Waals surface area contributed by atoms with Crippen molar-refractivity contribution >= 4 is 0 Å². The molecule has 2 rings (SSSR count). The minimum absolute atomic E-state index is 0.705. The van der Waals surface area contributed by atoms with Gasteiger partial charge in [0.25, 0.3) is 0 Å². The lowest BCUT2D eigenvalue weighted by molar-refractivity contribution is 0.0168. The van der Waals surface area contributed by atoms with E-state index in [-0.39, 0.29) is 0 Å². The molecule has 0 atom stereocenters. The van der Waals surface area contributed by atoms with Gasteiger partial charge in [0, 0.05) is 12.1 Å². The molecular formula is C17H36N2. The predicted octanol–water partition coefficient (Wildman–Crippen LogP) is 4.01. The Hall–Kier alpha value is -0.0800. The highest BCUT2D eigenvalue weighted by molar-refractivity contribution is 4.91. The van der Waals surface area contributed by atoms with Gasteiger partial charge in [-0.1, -0.05) is 13.8 Å². The zero-order chi connectivity index (χ0) is 14.5. The quantitative estimate of drug-likeness (QED) is 0.746. The summed E-state index contributed by atoms with van der Waals surface area (Å²) in [5.74, 6) is 0. The molecular weight excluding hydrogens is 232 g/mol. The van der Waals surface area contributed by atoms with Crippen LogP contribution in [-0.4, -0.2) is 48.1 Å². The molecule has 0 saturated carbocycles. The standard InChI is InChI=1S/C15H30N2.C2H6/c1-13(2)16-9-5-15(6-10-16)7-11-17(12-8-15)14(3)4;1-2/h13-14H,5-12H2,1-4H3;1-2H3. The lowest BCUT2D eigenvalue weighted by Gasteiger charge is -2.48. The van der Waals surface area contributed by atoms with Crippen LogP contribution in [0.15, 0.2) is 0 Å². The highest BCUT2D eigenvalue weighted by Crippen LogP contribution is 2.41. The highest BCUT2D eigenvalue weighted by Gasteiger charge is 2.38. The smallest absolute Gasteiger partial charge is 0.00385 e. The molecule has 0 bridgehead atoms. The van der Waals surface area contributed by atoms with E-state index >= 15 is 0 Å². The Kier molecular flexibility index (Phi) is 6.82. The molecule has 2 heteroatoms. The molecule has 2 aliphatic heterocycles. The summed E-state index contributed by atoms with van der Waals surface area (Å²) in [4.78, 5) is 5.31. The van der Waals surface area contributed by atoms with Gasteiger partial charge < -0.3 is 9.80 Å². The maximum Gasteiger partial charge on any atom is 0.00385 e. The Morgan fingerprint density at radius 2 is 0.895 bits per heavy atom. The third-order valence-corrected chi connectivity index (χ3v) is 5.18. The monoisotopic (exact) mass is 268 g/mol. The van der Waals surface area contributed by atoms with Crippen LogP contribution in [0.4, 0.5) is 0 Å². The van der Waals surface area contributed by atoms with E-state index in [9.17, 15) is 0 Å². The van der Waals surface area contributed by atoms with Gasteiger partial charge in [-0.2, -0.15) is 0 Å². The molecule has 1 spiro atoms. The zero-order valence-corrected chi connectivity index (χ0v) is 14.2. The van der Waals surface area contributed by atoms with E-state index in [0.29, 0.717) is 5.41 Å². The van der Waals surface area contributed by atoms with E-state index in [2.05, 4.69) is 37.5 Å². The molecule has 2 aliphatic rings. The fourth-order valence-electron chi connectivity index (χ4n) is 3.53. The third kappa shape index (κ3) is 4.46. The van der Waals surface area contributed by atoms with E-state index in [1.165, 1.54) is 51.9 Å². The molecule has 0 aliphatic carbocycles. The number of likely N-dealkylation sites (tertiary alicyclic amines) is 2. The van der Waals surface area contributed by atoms with Crippen molar-refractivity contribution in [2.45, 2.75) is 79.3 Å². The Morgan fingerprint density at radius 1 is 0.632 bits per heavy atom. The van der Waals surface area contributed by atoms with Gasteiger partial charge in [0.2, 0.25) is 0 Å². The van der Waals surface area contributed by atoms with Gasteiger partial charge in [0.15, 0.2) is 0 Å². The lowest BCUT2D eigenvalue weighted by Crippen LogP contribution is -2.49. The van der Waals surface area contributed by atoms with Crippen molar-refractivity contribution < 1.29 is 0 Å². The molecule has 0 aromatic carbocycles. The third-order valence-electron chi connectivity index (χ3n) is 5.18. The van der Waals surface area contributed by atoms with Crippen LogP contribution in [0.25, 0.3) is 0 Å². The van der Waals surface area contributed by atoms with Crippen LogP contribution in [-0.2, 0) is 0 Å². The summed E-state index contributed by atoms with van der Waals surface area (Å²) in [5, 5.41) is 0. The molecule has 2 nitrogen and oxygen atoms in total. The van der Waals surface area contributed by atoms with Crippen molar-refractivity contribution in [3.63, 3.8) is 0 Å². The van der Waals surface area contributed by atoms with Crippen molar-refractivity contribution in [1.82, 2.24) is 9.80 Å². The lowest BCUT2D eigenvalue weighted by atomic mass is 9.71. The Bertz CT molecular complexity index is 202. The number of hydrogen-bond acceptors (Lipinski definition) is 2. The molecule has 0 radical (unpaired) electrons. The first-order valence-corrected chi connectivity index (χ1v) is 8.50. The average molecular weight is 268 g/mol. The van der Waals surface area contributed by atoms with Gasteiger partial charge in [0.1, 0.15) is 0 Å². The van der Waals surface area contributed by atoms with Crippen molar-refractivity contribution in [3.05, 3.63) is 0 Å². The van der Waals surface area contributed by atoms with Crippen LogP contribution in [0.3, 0.4) is 0 Å². The van der Waals surface area contributed by atoms with E-state index in [1.807, 2.05) is 13.8 Å². The van der Waals surface area contributed by atoms with Crippen LogP contribution < -0.4 is 0 Å². The second kappa shape index (κ2) is 7.64. The minimum atomic E-state index is 0.705. The van der Waals surface area contributed by atoms with Crippen molar-refractivity contribution in [1.29, 1.82) is 0 Å². The first-order chi connectivity index (χ1) is 9.02. The maximum absolute atomic E-state index is 2.65. The summed E-state index contributed by atoms with van der Waals surface area (Å²) in [6.07, 6.45) is 5.77. The summed E-state index contributed by atoms with van der Waals surface area (Å²) in [7, 11) is 0. The molecule has 0 aromatic rings. The number of nitrogens with zero attached hydrogens (tertiary/aromatic N) is 2. The number of rotatable bonds is 2. The van der Waals surface area contributed by atoms with Gasteiger partial charge in [-0.05, 0) is 85.0 Å². The molecule has 2 saturated heterocycles. The van der Waals surface area contributed by atoms with E-state index < -0.39 is 0 Å². The van der Waals surface area contributed by atoms with Crippen molar-refractivity contribution in [2.24, 2.45) is 5.41 Å². The largest absolute Gasteiger partial charge is 0.301 e. The summed E-state index contributed by atoms with van der Waals surface area (Å²) in [6.45, 7) is 18.7. The van der Waals surface area contributed by atoms with E-state index in [4.69, 9.17) is 0 Å². The molecule has 0 aromatic heterocycles. The van der Waals surface area contributed by atoms with Crippen LogP contribution in [0, 0.1) is 5.41 Å². The Labute approximate surface area is 121 Å². The van der Waals surface area contributed by atoms with Gasteiger partial charge in [0.05, 0.1) is 0 Å². The first-order valence-electron chi connectivity index (χ1n) is 8.50. The Morgan fingerprint density at radius 3 is 1.11 bits per heavy atom. The summed E-state index contributed by atoms with van der Waals surface area (Å²) < 4.78 is 0. The topological polar surface area (TPSA) is 6.48 Å². The van der Waals surface area contributed by atoms with E-state index in [1.54, 1.807) is 0 Å². The molecule has 0 N–H and O–H groups in total. The first kappa shape index (κ1) is 17.0. The highest BCUT2D eigenvalue weighted by atomic mass is 15.2. The van der Waals surface area contributed by atoms with Gasteiger partial charge in [-0.25, -0.2) is 0 Å². The van der Waals surface area contributed by atoms with Crippen LogP contribution in [0.1, 0.15) is 67.2 Å². The summed E-state index contributed by atoms with van der Waals surface area (Å²) >= 11 is 0.